The summed E-state index contributed by atoms with van der Waals surface area (Å²) >= 11 is 0. The number of aliphatic hydroxyl groups excluding tert-OH is 1. The number of rotatable bonds is 3. The van der Waals surface area contributed by atoms with Gasteiger partial charge in [0, 0.05) is 17.3 Å². The van der Waals surface area contributed by atoms with E-state index in [4.69, 9.17) is 5.73 Å². The van der Waals surface area contributed by atoms with Crippen molar-refractivity contribution in [2.45, 2.75) is 13.0 Å². The number of nitrogens with one attached hydrogen (secondary N) is 1. The fourth-order valence-corrected chi connectivity index (χ4v) is 2.44. The van der Waals surface area contributed by atoms with Crippen LogP contribution in [0, 0.1) is 6.92 Å². The maximum atomic E-state index is 10.7. The zero-order chi connectivity index (χ0) is 14.8. The van der Waals surface area contributed by atoms with Crippen LogP contribution < -0.4 is 5.73 Å². The predicted molar refractivity (Wildman–Crippen MR) is 81.5 cm³/mol. The van der Waals surface area contributed by atoms with Crippen molar-refractivity contribution >= 4 is 5.82 Å². The number of nitrogens with two attached hydrogens (primary N) is 1. The van der Waals surface area contributed by atoms with Crippen LogP contribution >= 0.6 is 0 Å². The fraction of sp³-hybridized carbons (Fsp3) is 0.125. The fourth-order valence-electron chi connectivity index (χ4n) is 2.44. The van der Waals surface area contributed by atoms with Gasteiger partial charge in [0.15, 0.2) is 0 Å². The number of aryl methyl sites for hydroxylation is 1. The number of nitrogen functional groups attached to an aromatic ring is 1. The van der Waals surface area contributed by atoms with E-state index >= 15 is 0 Å². The van der Waals surface area contributed by atoms with E-state index in [0.29, 0.717) is 16.9 Å². The first-order valence-corrected chi connectivity index (χ1v) is 6.66. The number of aromatic amines is 1. The summed E-state index contributed by atoms with van der Waals surface area (Å²) in [6, 6.07) is 11.6. The number of anilines is 1. The van der Waals surface area contributed by atoms with Gasteiger partial charge in [-0.05, 0) is 24.1 Å². The van der Waals surface area contributed by atoms with Gasteiger partial charge in [-0.15, -0.1) is 0 Å². The molecule has 3 aromatic rings. The van der Waals surface area contributed by atoms with Gasteiger partial charge in [-0.2, -0.15) is 5.10 Å². The lowest BCUT2D eigenvalue weighted by Gasteiger charge is -2.15. The second-order valence-electron chi connectivity index (χ2n) is 4.90. The monoisotopic (exact) mass is 280 g/mol. The van der Waals surface area contributed by atoms with Crippen molar-refractivity contribution in [3.63, 3.8) is 0 Å². The van der Waals surface area contributed by atoms with Crippen molar-refractivity contribution in [3.05, 3.63) is 65.5 Å². The Labute approximate surface area is 122 Å². The molecule has 1 unspecified atom stereocenters. The van der Waals surface area contributed by atoms with Crippen LogP contribution in [-0.2, 0) is 0 Å². The summed E-state index contributed by atoms with van der Waals surface area (Å²) in [4.78, 5) is 4.06. The molecule has 0 saturated heterocycles. The SMILES string of the molecule is Cc1ccnc(N)c1C(O)c1cn[nH]c1-c1ccccc1. The zero-order valence-electron chi connectivity index (χ0n) is 11.6. The van der Waals surface area contributed by atoms with E-state index in [1.165, 1.54) is 0 Å². The maximum Gasteiger partial charge on any atom is 0.129 e. The smallest absolute Gasteiger partial charge is 0.129 e. The Morgan fingerprint density at radius 3 is 2.67 bits per heavy atom. The lowest BCUT2D eigenvalue weighted by molar-refractivity contribution is 0.220. The molecule has 0 aliphatic heterocycles. The molecule has 21 heavy (non-hydrogen) atoms. The highest BCUT2D eigenvalue weighted by Gasteiger charge is 2.21. The molecule has 0 amide bonds. The molecule has 5 nitrogen and oxygen atoms in total. The molecule has 1 aromatic carbocycles. The number of benzene rings is 1. The molecule has 0 saturated carbocycles. The molecule has 5 heteroatoms. The molecule has 0 aliphatic rings. The summed E-state index contributed by atoms with van der Waals surface area (Å²) < 4.78 is 0. The van der Waals surface area contributed by atoms with Gasteiger partial charge in [-0.3, -0.25) is 5.10 Å². The lowest BCUT2D eigenvalue weighted by atomic mass is 9.96. The van der Waals surface area contributed by atoms with Gasteiger partial charge in [0.25, 0.3) is 0 Å². The van der Waals surface area contributed by atoms with Crippen LogP contribution in [-0.4, -0.2) is 20.3 Å². The van der Waals surface area contributed by atoms with Crippen molar-refractivity contribution in [2.75, 3.05) is 5.73 Å². The summed E-state index contributed by atoms with van der Waals surface area (Å²) in [5.74, 6) is 0.336. The number of nitrogens with zero attached hydrogens (tertiary/aromatic N) is 2. The van der Waals surface area contributed by atoms with Crippen LogP contribution in [0.4, 0.5) is 5.82 Å². The Kier molecular flexibility index (Phi) is 3.41. The molecule has 106 valence electrons. The second kappa shape index (κ2) is 5.38. The van der Waals surface area contributed by atoms with E-state index in [2.05, 4.69) is 15.2 Å². The number of aromatic nitrogens is 3. The van der Waals surface area contributed by atoms with Gasteiger partial charge in [0.05, 0.1) is 11.9 Å². The minimum atomic E-state index is -0.868. The molecule has 0 radical (unpaired) electrons. The normalized spacial score (nSPS) is 12.3. The number of hydrogen-bond acceptors (Lipinski definition) is 4. The first-order valence-electron chi connectivity index (χ1n) is 6.66. The molecule has 4 N–H and O–H groups in total. The van der Waals surface area contributed by atoms with Crippen molar-refractivity contribution in [1.82, 2.24) is 15.2 Å². The van der Waals surface area contributed by atoms with Gasteiger partial charge in [-0.25, -0.2) is 4.98 Å². The number of hydrogen-bond donors (Lipinski definition) is 3. The first-order chi connectivity index (χ1) is 10.2. The standard InChI is InChI=1S/C16H16N4O/c1-10-7-8-18-16(17)13(10)15(21)12-9-19-20-14(12)11-5-3-2-4-6-11/h2-9,15,21H,1H3,(H2,17,18)(H,19,20). The topological polar surface area (TPSA) is 87.8 Å². The molecular weight excluding hydrogens is 264 g/mol. The molecule has 0 spiro atoms. The Morgan fingerprint density at radius 1 is 1.19 bits per heavy atom. The third-order valence-corrected chi connectivity index (χ3v) is 3.54. The predicted octanol–water partition coefficient (Wildman–Crippen LogP) is 2.44. The van der Waals surface area contributed by atoms with Crippen molar-refractivity contribution in [3.8, 4) is 11.3 Å². The Hall–Kier alpha value is -2.66. The van der Waals surface area contributed by atoms with E-state index in [1.54, 1.807) is 12.4 Å². The zero-order valence-corrected chi connectivity index (χ0v) is 11.6. The first kappa shape index (κ1) is 13.3. The average molecular weight is 280 g/mol. The van der Waals surface area contributed by atoms with Crippen LogP contribution in [0.5, 0.6) is 0 Å². The van der Waals surface area contributed by atoms with Gasteiger partial charge in [0.1, 0.15) is 11.9 Å². The number of aliphatic hydroxyl groups is 1. The van der Waals surface area contributed by atoms with E-state index in [0.717, 1.165) is 16.8 Å². The van der Waals surface area contributed by atoms with Crippen LogP contribution in [0.1, 0.15) is 22.8 Å². The molecule has 0 aliphatic carbocycles. The summed E-state index contributed by atoms with van der Waals surface area (Å²) in [5.41, 5.74) is 9.86. The van der Waals surface area contributed by atoms with E-state index in [9.17, 15) is 5.11 Å². The Balaban J connectivity index is 2.08. The van der Waals surface area contributed by atoms with Crippen LogP contribution in [0.25, 0.3) is 11.3 Å². The minimum Gasteiger partial charge on any atom is -0.383 e. The summed E-state index contributed by atoms with van der Waals surface area (Å²) in [5, 5.41) is 17.7. The highest BCUT2D eigenvalue weighted by Crippen LogP contribution is 2.33. The van der Waals surface area contributed by atoms with Crippen molar-refractivity contribution < 1.29 is 5.11 Å². The highest BCUT2D eigenvalue weighted by molar-refractivity contribution is 5.65. The second-order valence-corrected chi connectivity index (χ2v) is 4.90. The Bertz CT molecular complexity index is 732. The largest absolute Gasteiger partial charge is 0.383 e. The minimum absolute atomic E-state index is 0.336. The molecule has 0 bridgehead atoms. The molecule has 2 aromatic heterocycles. The van der Waals surface area contributed by atoms with Crippen LogP contribution in [0.3, 0.4) is 0 Å². The van der Waals surface area contributed by atoms with Gasteiger partial charge in [0.2, 0.25) is 0 Å². The van der Waals surface area contributed by atoms with Gasteiger partial charge in [-0.1, -0.05) is 30.3 Å². The third kappa shape index (κ3) is 2.39. The van der Waals surface area contributed by atoms with Gasteiger partial charge < -0.3 is 10.8 Å². The summed E-state index contributed by atoms with van der Waals surface area (Å²) in [6.45, 7) is 1.90. The number of pyridine rings is 1. The average Bonchev–Trinajstić information content (AvgIpc) is 2.97. The van der Waals surface area contributed by atoms with Gasteiger partial charge >= 0.3 is 0 Å². The third-order valence-electron chi connectivity index (χ3n) is 3.54. The summed E-state index contributed by atoms with van der Waals surface area (Å²) in [6.07, 6.45) is 2.39. The quantitative estimate of drug-likeness (QED) is 0.687. The van der Waals surface area contributed by atoms with Crippen LogP contribution in [0.15, 0.2) is 48.8 Å². The molecule has 1 atom stereocenters. The van der Waals surface area contributed by atoms with Crippen molar-refractivity contribution in [1.29, 1.82) is 0 Å². The molecule has 0 fully saturated rings. The molecular formula is C16H16N4O. The van der Waals surface area contributed by atoms with E-state index < -0.39 is 6.10 Å². The van der Waals surface area contributed by atoms with Crippen molar-refractivity contribution in [2.24, 2.45) is 0 Å². The van der Waals surface area contributed by atoms with E-state index in [-0.39, 0.29) is 0 Å². The Morgan fingerprint density at radius 2 is 1.95 bits per heavy atom. The highest BCUT2D eigenvalue weighted by atomic mass is 16.3. The maximum absolute atomic E-state index is 10.7. The molecule has 2 heterocycles. The molecule has 3 rings (SSSR count). The lowest BCUT2D eigenvalue weighted by Crippen LogP contribution is -2.08. The summed E-state index contributed by atoms with van der Waals surface area (Å²) in [7, 11) is 0. The van der Waals surface area contributed by atoms with E-state index in [1.807, 2.05) is 43.3 Å². The van der Waals surface area contributed by atoms with Crippen LogP contribution in [0.2, 0.25) is 0 Å². The number of H-pyrrole nitrogens is 1.